The first-order valence-corrected chi connectivity index (χ1v) is 12.1. The van der Waals surface area contributed by atoms with E-state index in [1.54, 1.807) is 25.1 Å². The maximum atomic E-state index is 13.1. The first kappa shape index (κ1) is 28.1. The largest absolute Gasteiger partial charge is 0.328 e. The molecule has 0 saturated heterocycles. The van der Waals surface area contributed by atoms with Crippen LogP contribution in [0.2, 0.25) is 5.02 Å². The van der Waals surface area contributed by atoms with E-state index in [2.05, 4.69) is 22.5 Å². The van der Waals surface area contributed by atoms with Crippen molar-refractivity contribution in [3.8, 4) is 6.07 Å². The number of nitriles is 1. The SMILES string of the molecule is C=C(C)Cl.CC.N#Cc1cccc(CN2CCc3[nH]c(=O)n(Cc4ccc(Cl)cc4)c(=O)c3C2)c1. The lowest BCUT2D eigenvalue weighted by molar-refractivity contribution is 0.240. The minimum atomic E-state index is -0.390. The number of aromatic amines is 1. The molecule has 1 aromatic heterocycles. The van der Waals surface area contributed by atoms with E-state index in [4.69, 9.17) is 28.5 Å². The third-order valence-corrected chi connectivity index (χ3v) is 5.40. The van der Waals surface area contributed by atoms with E-state index in [-0.39, 0.29) is 17.8 Å². The molecule has 0 unspecified atom stereocenters. The number of allylic oxidation sites excluding steroid dienone is 1. The maximum absolute atomic E-state index is 13.1. The summed E-state index contributed by atoms with van der Waals surface area (Å²) in [6.07, 6.45) is 0.611. The van der Waals surface area contributed by atoms with Gasteiger partial charge in [0.25, 0.3) is 5.56 Å². The highest BCUT2D eigenvalue weighted by Gasteiger charge is 2.22. The van der Waals surface area contributed by atoms with Gasteiger partial charge in [-0.15, -0.1) is 0 Å². The summed E-state index contributed by atoms with van der Waals surface area (Å²) < 4.78 is 1.24. The van der Waals surface area contributed by atoms with Gasteiger partial charge in [0.2, 0.25) is 0 Å². The zero-order valence-corrected chi connectivity index (χ0v) is 21.8. The molecule has 0 amide bonds. The Kier molecular flexibility index (Phi) is 11.0. The molecule has 184 valence electrons. The second-order valence-corrected chi connectivity index (χ2v) is 8.94. The molecule has 3 aromatic rings. The maximum Gasteiger partial charge on any atom is 0.328 e. The van der Waals surface area contributed by atoms with Crippen LogP contribution in [0.3, 0.4) is 0 Å². The number of H-pyrrole nitrogens is 1. The molecule has 0 aliphatic carbocycles. The molecule has 0 saturated carbocycles. The van der Waals surface area contributed by atoms with Crippen LogP contribution < -0.4 is 11.2 Å². The summed E-state index contributed by atoms with van der Waals surface area (Å²) in [5.41, 5.74) is 3.18. The Bertz CT molecular complexity index is 1300. The molecule has 1 aliphatic rings. The van der Waals surface area contributed by atoms with Crippen LogP contribution in [0.25, 0.3) is 0 Å². The van der Waals surface area contributed by atoms with Crippen LogP contribution in [-0.4, -0.2) is 21.0 Å². The lowest BCUT2D eigenvalue weighted by Crippen LogP contribution is -2.43. The lowest BCUT2D eigenvalue weighted by atomic mass is 10.1. The molecule has 0 spiro atoms. The van der Waals surface area contributed by atoms with Crippen LogP contribution in [0.4, 0.5) is 0 Å². The van der Waals surface area contributed by atoms with Crippen molar-refractivity contribution in [1.29, 1.82) is 5.26 Å². The summed E-state index contributed by atoms with van der Waals surface area (Å²) in [4.78, 5) is 30.6. The van der Waals surface area contributed by atoms with Gasteiger partial charge in [-0.3, -0.25) is 14.3 Å². The van der Waals surface area contributed by atoms with Crippen molar-refractivity contribution < 1.29 is 0 Å². The van der Waals surface area contributed by atoms with Crippen LogP contribution in [0, 0.1) is 11.3 Å². The molecule has 0 fully saturated rings. The molecular weight excluding hydrogens is 483 g/mol. The fourth-order valence-corrected chi connectivity index (χ4v) is 3.78. The van der Waals surface area contributed by atoms with Crippen LogP contribution >= 0.6 is 23.2 Å². The number of benzene rings is 2. The Morgan fingerprint density at radius 3 is 2.40 bits per heavy atom. The summed E-state index contributed by atoms with van der Waals surface area (Å²) in [6, 6.07) is 16.7. The summed E-state index contributed by atoms with van der Waals surface area (Å²) in [7, 11) is 0. The highest BCUT2D eigenvalue weighted by molar-refractivity contribution is 6.30. The van der Waals surface area contributed by atoms with Gasteiger partial charge in [-0.05, 0) is 42.3 Å². The molecule has 1 aliphatic heterocycles. The molecule has 0 atom stereocenters. The van der Waals surface area contributed by atoms with Crippen molar-refractivity contribution in [3.63, 3.8) is 0 Å². The van der Waals surface area contributed by atoms with E-state index in [0.717, 1.165) is 23.4 Å². The normalized spacial score (nSPS) is 12.2. The van der Waals surface area contributed by atoms with Gasteiger partial charge in [-0.25, -0.2) is 4.79 Å². The van der Waals surface area contributed by atoms with Gasteiger partial charge in [0, 0.05) is 41.8 Å². The third kappa shape index (κ3) is 8.25. The Labute approximate surface area is 216 Å². The van der Waals surface area contributed by atoms with Crippen LogP contribution in [-0.2, 0) is 26.1 Å². The highest BCUT2D eigenvalue weighted by Crippen LogP contribution is 2.17. The first-order chi connectivity index (χ1) is 16.8. The minimum Gasteiger partial charge on any atom is -0.311 e. The number of nitrogens with one attached hydrogen (secondary N) is 1. The van der Waals surface area contributed by atoms with Crippen molar-refractivity contribution in [1.82, 2.24) is 14.5 Å². The number of aromatic nitrogens is 2. The van der Waals surface area contributed by atoms with Gasteiger partial charge in [-0.2, -0.15) is 5.26 Å². The second kappa shape index (κ2) is 13.7. The van der Waals surface area contributed by atoms with Crippen molar-refractivity contribution >= 4 is 23.2 Å². The highest BCUT2D eigenvalue weighted by atomic mass is 35.5. The zero-order chi connectivity index (χ0) is 26.0. The smallest absolute Gasteiger partial charge is 0.311 e. The average Bonchev–Trinajstić information content (AvgIpc) is 2.84. The summed E-state index contributed by atoms with van der Waals surface area (Å²) in [5, 5.41) is 10.3. The topological polar surface area (TPSA) is 81.9 Å². The van der Waals surface area contributed by atoms with Crippen LogP contribution in [0.15, 0.2) is 69.7 Å². The van der Waals surface area contributed by atoms with Gasteiger partial charge < -0.3 is 4.98 Å². The molecule has 1 N–H and O–H groups in total. The molecule has 2 aromatic carbocycles. The number of hydrogen-bond donors (Lipinski definition) is 1. The quantitative estimate of drug-likeness (QED) is 0.503. The summed E-state index contributed by atoms with van der Waals surface area (Å²) >= 11 is 11.0. The molecule has 35 heavy (non-hydrogen) atoms. The molecule has 8 heteroatoms. The molecule has 6 nitrogen and oxygen atoms in total. The molecular formula is C27H30Cl2N4O2. The second-order valence-electron chi connectivity index (χ2n) is 7.85. The Morgan fingerprint density at radius 1 is 1.11 bits per heavy atom. The van der Waals surface area contributed by atoms with Crippen molar-refractivity contribution in [2.24, 2.45) is 0 Å². The van der Waals surface area contributed by atoms with Gasteiger partial charge in [0.15, 0.2) is 0 Å². The van der Waals surface area contributed by atoms with E-state index < -0.39 is 0 Å². The lowest BCUT2D eigenvalue weighted by Gasteiger charge is -2.28. The molecule has 0 radical (unpaired) electrons. The van der Waals surface area contributed by atoms with Crippen LogP contribution in [0.5, 0.6) is 0 Å². The molecule has 2 heterocycles. The van der Waals surface area contributed by atoms with Crippen LogP contribution in [0.1, 0.15) is 48.7 Å². The first-order valence-electron chi connectivity index (χ1n) is 11.4. The fraction of sp³-hybridized carbons (Fsp3) is 0.296. The van der Waals surface area contributed by atoms with E-state index in [1.807, 2.05) is 44.2 Å². The van der Waals surface area contributed by atoms with Gasteiger partial charge in [0.05, 0.1) is 23.7 Å². The molecule has 4 rings (SSSR count). The van der Waals surface area contributed by atoms with E-state index >= 15 is 0 Å². The minimum absolute atomic E-state index is 0.197. The number of hydrogen-bond acceptors (Lipinski definition) is 4. The Balaban J connectivity index is 0.000000655. The van der Waals surface area contributed by atoms with Crippen molar-refractivity contribution in [3.05, 3.63) is 114 Å². The van der Waals surface area contributed by atoms with E-state index in [0.29, 0.717) is 40.7 Å². The van der Waals surface area contributed by atoms with Crippen molar-refractivity contribution in [2.45, 2.75) is 46.8 Å². The predicted octanol–water partition coefficient (Wildman–Crippen LogP) is 5.45. The van der Waals surface area contributed by atoms with Crippen molar-refractivity contribution in [2.75, 3.05) is 6.54 Å². The standard InChI is InChI=1S/C22H19ClN4O2.C3H5Cl.C2H6/c23-18-6-4-15(5-7-18)13-27-21(28)19-14-26(9-8-20(19)25-22(27)29)12-17-3-1-2-16(10-17)11-24;1-3(2)4;1-2/h1-7,10H,8-9,12-14H2,(H,25,29);1H2,2H3;1-2H3. The third-order valence-electron chi connectivity index (χ3n) is 5.15. The number of halogens is 2. The summed E-state index contributed by atoms with van der Waals surface area (Å²) in [6.45, 7) is 11.1. The zero-order valence-electron chi connectivity index (χ0n) is 20.3. The number of rotatable bonds is 4. The summed E-state index contributed by atoms with van der Waals surface area (Å²) in [5.74, 6) is 0. The Morgan fingerprint density at radius 2 is 1.77 bits per heavy atom. The average molecular weight is 513 g/mol. The monoisotopic (exact) mass is 512 g/mol. The Hall–Kier alpha value is -3.11. The number of fused-ring (bicyclic) bond motifs is 1. The van der Waals surface area contributed by atoms with E-state index in [9.17, 15) is 9.59 Å². The fourth-order valence-electron chi connectivity index (χ4n) is 3.65. The van der Waals surface area contributed by atoms with Gasteiger partial charge >= 0.3 is 5.69 Å². The van der Waals surface area contributed by atoms with Gasteiger partial charge in [0.1, 0.15) is 0 Å². The van der Waals surface area contributed by atoms with Gasteiger partial charge in [-0.1, -0.05) is 67.9 Å². The predicted molar refractivity (Wildman–Crippen MR) is 143 cm³/mol. The van der Waals surface area contributed by atoms with E-state index in [1.165, 1.54) is 4.57 Å². The molecule has 0 bridgehead atoms. The number of nitrogens with zero attached hydrogens (tertiary/aromatic N) is 3.